The second-order valence-corrected chi connectivity index (χ2v) is 11.6. The van der Waals surface area contributed by atoms with Crippen LogP contribution in [0.4, 0.5) is 14.5 Å². The van der Waals surface area contributed by atoms with Gasteiger partial charge in [0.15, 0.2) is 11.6 Å². The first-order valence-electron chi connectivity index (χ1n) is 12.0. The molecule has 2 aliphatic rings. The predicted molar refractivity (Wildman–Crippen MR) is 139 cm³/mol. The maximum absolute atomic E-state index is 13.5. The van der Waals surface area contributed by atoms with Crippen molar-refractivity contribution >= 4 is 35.0 Å². The Morgan fingerprint density at radius 3 is 2.69 bits per heavy atom. The van der Waals surface area contributed by atoms with Crippen LogP contribution in [0.15, 0.2) is 53.7 Å². The summed E-state index contributed by atoms with van der Waals surface area (Å²) in [6.07, 6.45) is 6.65. The molecule has 188 valence electrons. The van der Waals surface area contributed by atoms with Gasteiger partial charge in [0, 0.05) is 46.9 Å². The maximum atomic E-state index is 13.5. The van der Waals surface area contributed by atoms with Crippen LogP contribution in [-0.2, 0) is 0 Å². The molecule has 1 heterocycles. The van der Waals surface area contributed by atoms with Gasteiger partial charge in [-0.1, -0.05) is 32.4 Å². The number of halogens is 3. The number of carbonyl (C=O) groups excluding carboxylic acids is 1. The highest BCUT2D eigenvalue weighted by Gasteiger charge is 2.41. The van der Waals surface area contributed by atoms with E-state index in [9.17, 15) is 13.6 Å². The summed E-state index contributed by atoms with van der Waals surface area (Å²) in [5.41, 5.74) is 0.624. The molecule has 6 atom stereocenters. The normalized spacial score (nSPS) is 26.6. The van der Waals surface area contributed by atoms with E-state index in [0.717, 1.165) is 23.4 Å². The van der Waals surface area contributed by atoms with Gasteiger partial charge in [-0.2, -0.15) is 0 Å². The van der Waals surface area contributed by atoms with E-state index in [2.05, 4.69) is 49.6 Å². The second-order valence-electron chi connectivity index (χ2n) is 9.95. The number of rotatable bonds is 7. The molecule has 2 aromatic rings. The lowest BCUT2D eigenvalue weighted by Gasteiger charge is -2.31. The summed E-state index contributed by atoms with van der Waals surface area (Å²) >= 11 is 8.32. The molecule has 0 saturated heterocycles. The fraction of sp³-hybridized carbons (Fsp3) is 0.444. The van der Waals surface area contributed by atoms with Crippen LogP contribution in [0.5, 0.6) is 0 Å². The number of benzene rings is 2. The molecule has 4 nitrogen and oxygen atoms in total. The van der Waals surface area contributed by atoms with Gasteiger partial charge in [-0.3, -0.25) is 4.79 Å². The molecule has 8 heteroatoms. The third-order valence-electron chi connectivity index (χ3n) is 7.42. The molecule has 0 bridgehead atoms. The molecule has 0 aromatic heterocycles. The van der Waals surface area contributed by atoms with Gasteiger partial charge in [0.2, 0.25) is 0 Å². The molecule has 1 aliphatic carbocycles. The topological polar surface area (TPSA) is 44.4 Å². The Bertz CT molecular complexity index is 1110. The fourth-order valence-electron chi connectivity index (χ4n) is 5.31. The highest BCUT2D eigenvalue weighted by atomic mass is 35.5. The minimum absolute atomic E-state index is 0.199. The van der Waals surface area contributed by atoms with Crippen LogP contribution in [0.2, 0.25) is 5.02 Å². The largest absolute Gasteiger partial charge is 0.370 e. The van der Waals surface area contributed by atoms with Gasteiger partial charge >= 0.3 is 0 Å². The molecule has 0 spiro atoms. The monoisotopic (exact) mass is 519 g/mol. The highest BCUT2D eigenvalue weighted by molar-refractivity contribution is 8.00. The van der Waals surface area contributed by atoms with Gasteiger partial charge in [-0.25, -0.2) is 8.78 Å². The summed E-state index contributed by atoms with van der Waals surface area (Å²) in [4.78, 5) is 15.9. The smallest absolute Gasteiger partial charge is 0.255 e. The number of hydrogen-bond donors (Lipinski definition) is 2. The van der Waals surface area contributed by atoms with Crippen molar-refractivity contribution in [3.05, 3.63) is 71.0 Å². The maximum Gasteiger partial charge on any atom is 0.255 e. The van der Waals surface area contributed by atoms with Gasteiger partial charge in [-0.15, -0.1) is 11.8 Å². The zero-order chi connectivity index (χ0) is 25.3. The minimum atomic E-state index is -1.01. The highest BCUT2D eigenvalue weighted by Crippen LogP contribution is 2.49. The molecule has 1 amide bonds. The van der Waals surface area contributed by atoms with Crippen LogP contribution < -0.4 is 10.6 Å². The molecular weight excluding hydrogens is 488 g/mol. The number of carbonyl (C=O) groups is 1. The number of hydrogen-bond acceptors (Lipinski definition) is 4. The number of thioether (sulfide) groups is 1. The Kier molecular flexibility index (Phi) is 7.96. The Balaban J connectivity index is 1.48. The predicted octanol–water partition coefficient (Wildman–Crippen LogP) is 6.98. The van der Waals surface area contributed by atoms with E-state index in [0.29, 0.717) is 45.7 Å². The fourth-order valence-corrected chi connectivity index (χ4v) is 7.13. The minimum Gasteiger partial charge on any atom is -0.370 e. The summed E-state index contributed by atoms with van der Waals surface area (Å²) < 4.78 is 26.7. The van der Waals surface area contributed by atoms with Crippen LogP contribution in [0.1, 0.15) is 44.0 Å². The van der Waals surface area contributed by atoms with Crippen molar-refractivity contribution in [2.24, 2.45) is 23.7 Å². The van der Waals surface area contributed by atoms with Crippen LogP contribution >= 0.6 is 23.4 Å². The molecule has 0 radical (unpaired) electrons. The quantitative estimate of drug-likeness (QED) is 0.414. The summed E-state index contributed by atoms with van der Waals surface area (Å²) in [6, 6.07) is 8.48. The lowest BCUT2D eigenvalue weighted by Crippen LogP contribution is -2.39. The first-order chi connectivity index (χ1) is 16.6. The van der Waals surface area contributed by atoms with Crippen molar-refractivity contribution in [2.75, 3.05) is 12.4 Å². The van der Waals surface area contributed by atoms with Crippen molar-refractivity contribution in [3.8, 4) is 0 Å². The number of anilines is 1. The Hall–Kier alpha value is -2.25. The van der Waals surface area contributed by atoms with E-state index < -0.39 is 17.5 Å². The van der Waals surface area contributed by atoms with Gasteiger partial charge in [-0.05, 0) is 66.8 Å². The third kappa shape index (κ3) is 5.78. The Morgan fingerprint density at radius 1 is 1.23 bits per heavy atom. The molecule has 1 fully saturated rings. The lowest BCUT2D eigenvalue weighted by molar-refractivity contribution is 0.102. The molecule has 6 unspecified atom stereocenters. The van der Waals surface area contributed by atoms with Crippen LogP contribution in [0.25, 0.3) is 0 Å². The number of amides is 1. The van der Waals surface area contributed by atoms with E-state index in [4.69, 9.17) is 11.6 Å². The summed E-state index contributed by atoms with van der Waals surface area (Å²) in [5.74, 6) is -0.222. The van der Waals surface area contributed by atoms with E-state index in [-0.39, 0.29) is 5.69 Å². The molecule has 2 aromatic carbocycles. The van der Waals surface area contributed by atoms with Gasteiger partial charge in [0.05, 0.1) is 5.02 Å². The SMILES string of the molecule is CC1CC(CC(C)C2NC=CN2C)C(Sc2cc(C(=O)Nc3ccc(F)c(F)c3)ccc2Cl)C1C. The summed E-state index contributed by atoms with van der Waals surface area (Å²) in [6.45, 7) is 6.92. The average Bonchev–Trinajstić information content (AvgIpc) is 3.35. The Labute approximate surface area is 215 Å². The van der Waals surface area contributed by atoms with Crippen molar-refractivity contribution in [1.29, 1.82) is 0 Å². The van der Waals surface area contributed by atoms with Crippen molar-refractivity contribution in [2.45, 2.75) is 49.9 Å². The number of nitrogens with one attached hydrogen (secondary N) is 2. The van der Waals surface area contributed by atoms with Crippen molar-refractivity contribution in [3.63, 3.8) is 0 Å². The van der Waals surface area contributed by atoms with Crippen LogP contribution in [-0.4, -0.2) is 29.3 Å². The standard InChI is InChI=1S/C27H32ClF2N3OS/c1-15-11-19(12-16(2)26-31-9-10-33(26)4)25(17(15)3)35-24-13-18(5-7-21(24)28)27(34)32-20-6-8-22(29)23(30)14-20/h5-10,13-17,19,25-26,31H,11-12H2,1-4H3,(H,32,34). The van der Waals surface area contributed by atoms with E-state index in [1.807, 2.05) is 6.20 Å². The Morgan fingerprint density at radius 2 is 2.00 bits per heavy atom. The van der Waals surface area contributed by atoms with Gasteiger partial charge < -0.3 is 15.5 Å². The van der Waals surface area contributed by atoms with E-state index >= 15 is 0 Å². The van der Waals surface area contributed by atoms with Crippen LogP contribution in [0.3, 0.4) is 0 Å². The molecule has 35 heavy (non-hydrogen) atoms. The molecule has 2 N–H and O–H groups in total. The molecular formula is C27H32ClF2N3OS. The third-order valence-corrected chi connectivity index (χ3v) is 9.54. The molecule has 4 rings (SSSR count). The van der Waals surface area contributed by atoms with Crippen LogP contribution in [0, 0.1) is 35.3 Å². The average molecular weight is 520 g/mol. The summed E-state index contributed by atoms with van der Waals surface area (Å²) in [7, 11) is 2.10. The first-order valence-corrected chi connectivity index (χ1v) is 13.3. The molecule has 1 saturated carbocycles. The zero-order valence-corrected chi connectivity index (χ0v) is 22.0. The lowest BCUT2D eigenvalue weighted by atomic mass is 9.91. The van der Waals surface area contributed by atoms with Crippen molar-refractivity contribution in [1.82, 2.24) is 10.2 Å². The number of nitrogens with zero attached hydrogens (tertiary/aromatic N) is 1. The van der Waals surface area contributed by atoms with E-state index in [1.54, 1.807) is 30.0 Å². The van der Waals surface area contributed by atoms with Gasteiger partial charge in [0.25, 0.3) is 5.91 Å². The second kappa shape index (κ2) is 10.8. The molecule has 1 aliphatic heterocycles. The summed E-state index contributed by atoms with van der Waals surface area (Å²) in [5, 5.41) is 7.08. The van der Waals surface area contributed by atoms with Gasteiger partial charge in [0.1, 0.15) is 6.17 Å². The van der Waals surface area contributed by atoms with E-state index in [1.165, 1.54) is 12.5 Å². The zero-order valence-electron chi connectivity index (χ0n) is 20.4. The first kappa shape index (κ1) is 25.8. The van der Waals surface area contributed by atoms with Crippen molar-refractivity contribution < 1.29 is 13.6 Å².